The lowest BCUT2D eigenvalue weighted by Gasteiger charge is -2.13. The summed E-state index contributed by atoms with van der Waals surface area (Å²) in [4.78, 5) is 28.0. The van der Waals surface area contributed by atoms with Crippen LogP contribution in [0.2, 0.25) is 5.02 Å². The van der Waals surface area contributed by atoms with E-state index in [9.17, 15) is 9.59 Å². The van der Waals surface area contributed by atoms with Crippen molar-refractivity contribution in [1.82, 2.24) is 14.8 Å². The lowest BCUT2D eigenvalue weighted by Crippen LogP contribution is -2.27. The second kappa shape index (κ2) is 6.48. The largest absolute Gasteiger partial charge is 0.455 e. The van der Waals surface area contributed by atoms with Crippen molar-refractivity contribution >= 4 is 52.4 Å². The van der Waals surface area contributed by atoms with E-state index in [1.54, 1.807) is 25.1 Å². The number of anilines is 1. The van der Waals surface area contributed by atoms with Crippen molar-refractivity contribution in [2.75, 3.05) is 11.9 Å². The Kier molecular flexibility index (Phi) is 4.66. The van der Waals surface area contributed by atoms with E-state index < -0.39 is 28.2 Å². The number of halogens is 3. The molecule has 2 aromatic rings. The Labute approximate surface area is 158 Å². The van der Waals surface area contributed by atoms with Gasteiger partial charge in [0.2, 0.25) is 0 Å². The Balaban J connectivity index is 1.66. The van der Waals surface area contributed by atoms with Crippen LogP contribution in [-0.2, 0) is 14.3 Å². The van der Waals surface area contributed by atoms with Gasteiger partial charge in [-0.2, -0.15) is 5.10 Å². The SMILES string of the molecule is C[C@]1(C(=O)OCC(=O)Nc2cc(Cl)ccc2-n2cncn2)CC1(Cl)Cl. The Hall–Kier alpha value is -1.83. The van der Waals surface area contributed by atoms with E-state index in [1.807, 2.05) is 0 Å². The summed E-state index contributed by atoms with van der Waals surface area (Å²) < 4.78 is 5.34. The number of carbonyl (C=O) groups is 2. The second-order valence-corrected chi connectivity index (χ2v) is 7.76. The maximum Gasteiger partial charge on any atom is 0.315 e. The minimum Gasteiger partial charge on any atom is -0.455 e. The zero-order chi connectivity index (χ0) is 18.2. The minimum absolute atomic E-state index is 0.286. The van der Waals surface area contributed by atoms with Gasteiger partial charge in [0.25, 0.3) is 5.91 Å². The first-order valence-electron chi connectivity index (χ1n) is 7.22. The van der Waals surface area contributed by atoms with Crippen molar-refractivity contribution in [2.24, 2.45) is 5.41 Å². The third-order valence-corrected chi connectivity index (χ3v) is 5.28. The zero-order valence-electron chi connectivity index (χ0n) is 13.0. The van der Waals surface area contributed by atoms with Gasteiger partial charge < -0.3 is 10.1 Å². The Morgan fingerprint density at radius 1 is 1.40 bits per heavy atom. The summed E-state index contributed by atoms with van der Waals surface area (Å²) in [6, 6.07) is 4.89. The van der Waals surface area contributed by atoms with Crippen LogP contribution in [-0.4, -0.2) is 37.6 Å². The highest BCUT2D eigenvalue weighted by atomic mass is 35.5. The lowest BCUT2D eigenvalue weighted by molar-refractivity contribution is -0.152. The number of alkyl halides is 2. The van der Waals surface area contributed by atoms with Gasteiger partial charge >= 0.3 is 5.97 Å². The fourth-order valence-corrected chi connectivity index (χ4v) is 3.10. The first-order chi connectivity index (χ1) is 11.7. The number of nitrogens with one attached hydrogen (secondary N) is 1. The van der Waals surface area contributed by atoms with Gasteiger partial charge in [-0.25, -0.2) is 9.67 Å². The molecule has 1 aromatic carbocycles. The van der Waals surface area contributed by atoms with Gasteiger partial charge in [0, 0.05) is 11.4 Å². The van der Waals surface area contributed by atoms with Crippen molar-refractivity contribution < 1.29 is 14.3 Å². The molecule has 1 N–H and O–H groups in total. The molecule has 1 saturated carbocycles. The van der Waals surface area contributed by atoms with Crippen LogP contribution in [0.15, 0.2) is 30.9 Å². The first kappa shape index (κ1) is 18.0. The fourth-order valence-electron chi connectivity index (χ4n) is 2.24. The third-order valence-electron chi connectivity index (χ3n) is 3.94. The topological polar surface area (TPSA) is 86.1 Å². The second-order valence-electron chi connectivity index (χ2n) is 5.84. The van der Waals surface area contributed by atoms with Gasteiger partial charge in [0.1, 0.15) is 22.4 Å². The smallest absolute Gasteiger partial charge is 0.315 e. The predicted molar refractivity (Wildman–Crippen MR) is 93.1 cm³/mol. The monoisotopic (exact) mass is 402 g/mol. The molecule has 1 amide bonds. The number of amides is 1. The number of hydrogen-bond donors (Lipinski definition) is 1. The molecule has 0 radical (unpaired) electrons. The number of carbonyl (C=O) groups excluding carboxylic acids is 2. The summed E-state index contributed by atoms with van der Waals surface area (Å²) >= 11 is 17.8. The van der Waals surface area contributed by atoms with Crippen LogP contribution in [0.4, 0.5) is 5.69 Å². The molecule has 1 aliphatic carbocycles. The molecule has 1 aliphatic rings. The van der Waals surface area contributed by atoms with E-state index in [-0.39, 0.29) is 6.42 Å². The molecule has 1 aromatic heterocycles. The van der Waals surface area contributed by atoms with Crippen molar-refractivity contribution in [3.8, 4) is 5.69 Å². The summed E-state index contributed by atoms with van der Waals surface area (Å²) in [5, 5.41) is 7.07. The molecule has 132 valence electrons. The van der Waals surface area contributed by atoms with Crippen LogP contribution in [0.5, 0.6) is 0 Å². The van der Waals surface area contributed by atoms with Gasteiger partial charge in [0.05, 0.1) is 11.4 Å². The molecule has 3 rings (SSSR count). The molecule has 1 atom stereocenters. The van der Waals surface area contributed by atoms with Gasteiger partial charge in [-0.15, -0.1) is 23.2 Å². The zero-order valence-corrected chi connectivity index (χ0v) is 15.3. The van der Waals surface area contributed by atoms with E-state index in [1.165, 1.54) is 17.3 Å². The number of aromatic nitrogens is 3. The van der Waals surface area contributed by atoms with Gasteiger partial charge in [-0.3, -0.25) is 9.59 Å². The van der Waals surface area contributed by atoms with Crippen molar-refractivity contribution in [3.05, 3.63) is 35.9 Å². The summed E-state index contributed by atoms with van der Waals surface area (Å²) in [7, 11) is 0. The maximum atomic E-state index is 12.1. The number of nitrogens with zero attached hydrogens (tertiary/aromatic N) is 3. The van der Waals surface area contributed by atoms with E-state index in [0.717, 1.165) is 0 Å². The summed E-state index contributed by atoms with van der Waals surface area (Å²) in [5.41, 5.74) is -0.0183. The van der Waals surface area contributed by atoms with Crippen LogP contribution in [0, 0.1) is 5.41 Å². The Morgan fingerprint density at radius 2 is 2.12 bits per heavy atom. The summed E-state index contributed by atoms with van der Waals surface area (Å²) in [6.07, 6.45) is 3.13. The highest BCUT2D eigenvalue weighted by Gasteiger charge is 2.69. The van der Waals surface area contributed by atoms with E-state index in [4.69, 9.17) is 39.5 Å². The molecular formula is C15H13Cl3N4O3. The third kappa shape index (κ3) is 3.58. The van der Waals surface area contributed by atoms with Gasteiger partial charge in [-0.05, 0) is 25.1 Å². The molecule has 0 unspecified atom stereocenters. The van der Waals surface area contributed by atoms with Crippen LogP contribution in [0.3, 0.4) is 0 Å². The Morgan fingerprint density at radius 3 is 2.72 bits per heavy atom. The Bertz CT molecular complexity index is 825. The van der Waals surface area contributed by atoms with Crippen LogP contribution < -0.4 is 5.32 Å². The molecule has 1 fully saturated rings. The fraction of sp³-hybridized carbons (Fsp3) is 0.333. The van der Waals surface area contributed by atoms with Crippen LogP contribution >= 0.6 is 34.8 Å². The average molecular weight is 404 g/mol. The normalized spacial score (nSPS) is 20.8. The van der Waals surface area contributed by atoms with Crippen LogP contribution in [0.25, 0.3) is 5.69 Å². The number of hydrogen-bond acceptors (Lipinski definition) is 5. The average Bonchev–Trinajstić information content (AvgIpc) is 2.93. The van der Waals surface area contributed by atoms with Gasteiger partial charge in [0.15, 0.2) is 6.61 Å². The van der Waals surface area contributed by atoms with Gasteiger partial charge in [-0.1, -0.05) is 11.6 Å². The first-order valence-corrected chi connectivity index (χ1v) is 8.36. The van der Waals surface area contributed by atoms with E-state index in [0.29, 0.717) is 16.4 Å². The lowest BCUT2D eigenvalue weighted by atomic mass is 10.1. The standard InChI is InChI=1S/C15H13Cl3N4O3/c1-14(6-15(14,17)18)13(24)25-5-12(23)21-10-4-9(16)2-3-11(10)22-8-19-7-20-22/h2-4,7-8H,5-6H2,1H3,(H,21,23)/t14-/m1/s1. The molecule has 7 nitrogen and oxygen atoms in total. The van der Waals surface area contributed by atoms with E-state index in [2.05, 4.69) is 15.4 Å². The number of rotatable bonds is 5. The molecule has 25 heavy (non-hydrogen) atoms. The van der Waals surface area contributed by atoms with Crippen molar-refractivity contribution in [2.45, 2.75) is 17.7 Å². The molecule has 0 aliphatic heterocycles. The van der Waals surface area contributed by atoms with Crippen molar-refractivity contribution in [3.63, 3.8) is 0 Å². The maximum absolute atomic E-state index is 12.1. The number of benzene rings is 1. The molecule has 0 saturated heterocycles. The molecule has 0 bridgehead atoms. The number of esters is 1. The van der Waals surface area contributed by atoms with Crippen molar-refractivity contribution in [1.29, 1.82) is 0 Å². The molecular weight excluding hydrogens is 391 g/mol. The van der Waals surface area contributed by atoms with E-state index >= 15 is 0 Å². The predicted octanol–water partition coefficient (Wildman–Crippen LogP) is 2.99. The number of ether oxygens (including phenoxy) is 1. The molecule has 1 heterocycles. The minimum atomic E-state index is -1.15. The molecule has 0 spiro atoms. The quantitative estimate of drug-likeness (QED) is 0.613. The highest BCUT2D eigenvalue weighted by Crippen LogP contribution is 2.64. The van der Waals surface area contributed by atoms with Crippen LogP contribution in [0.1, 0.15) is 13.3 Å². The summed E-state index contributed by atoms with van der Waals surface area (Å²) in [6.45, 7) is 1.12. The highest BCUT2D eigenvalue weighted by molar-refractivity contribution is 6.53. The molecule has 10 heteroatoms. The summed E-state index contributed by atoms with van der Waals surface area (Å²) in [5.74, 6) is -1.15.